The van der Waals surface area contributed by atoms with Crippen molar-refractivity contribution in [3.05, 3.63) is 28.2 Å². The molecule has 22 heavy (non-hydrogen) atoms. The van der Waals surface area contributed by atoms with E-state index in [1.165, 1.54) is 0 Å². The van der Waals surface area contributed by atoms with Crippen LogP contribution in [0.25, 0.3) is 0 Å². The summed E-state index contributed by atoms with van der Waals surface area (Å²) >= 11 is 13.8. The van der Waals surface area contributed by atoms with Gasteiger partial charge < -0.3 is 15.1 Å². The van der Waals surface area contributed by atoms with Crippen LogP contribution in [0.2, 0.25) is 10.0 Å². The number of nitrogens with zero attached hydrogens (tertiary/aromatic N) is 2. The maximum Gasteiger partial charge on any atom is 0.322 e. The molecule has 1 aromatic carbocycles. The van der Waals surface area contributed by atoms with E-state index in [0.717, 1.165) is 31.0 Å². The van der Waals surface area contributed by atoms with Crippen LogP contribution < -0.4 is 5.32 Å². The molecule has 4 nitrogen and oxygen atoms in total. The Labute approximate surface area is 146 Å². The highest BCUT2D eigenvalue weighted by Gasteiger charge is 2.26. The Bertz CT molecular complexity index is 528. The zero-order chi connectivity index (χ0) is 16.1. The number of hydrogen-bond acceptors (Lipinski definition) is 3. The quantitative estimate of drug-likeness (QED) is 0.886. The van der Waals surface area contributed by atoms with Crippen molar-refractivity contribution in [2.75, 3.05) is 44.0 Å². The lowest BCUT2D eigenvalue weighted by Gasteiger charge is -2.31. The average Bonchev–Trinajstić information content (AvgIpc) is 2.68. The van der Waals surface area contributed by atoms with Gasteiger partial charge in [-0.25, -0.2) is 4.79 Å². The maximum absolute atomic E-state index is 12.6. The molecular weight excluding hydrogens is 341 g/mol. The number of likely N-dealkylation sites (N-methyl/N-ethyl adjacent to an activating group) is 1. The molecule has 0 aliphatic carbocycles. The Morgan fingerprint density at radius 2 is 2.18 bits per heavy atom. The number of rotatable bonds is 3. The summed E-state index contributed by atoms with van der Waals surface area (Å²) in [6, 6.07) is 5.27. The molecule has 2 rings (SSSR count). The summed E-state index contributed by atoms with van der Waals surface area (Å²) in [5, 5.41) is 3.85. The van der Waals surface area contributed by atoms with Crippen LogP contribution in [0.15, 0.2) is 18.2 Å². The van der Waals surface area contributed by atoms with Gasteiger partial charge in [0.15, 0.2) is 0 Å². The van der Waals surface area contributed by atoms with Crippen molar-refractivity contribution < 1.29 is 4.79 Å². The van der Waals surface area contributed by atoms with E-state index in [0.29, 0.717) is 15.7 Å². The second kappa shape index (κ2) is 8.29. The number of benzene rings is 1. The number of hydrogen-bond donors (Lipinski definition) is 1. The van der Waals surface area contributed by atoms with E-state index in [-0.39, 0.29) is 12.1 Å². The SMILES string of the molecule is CN(C)CC1CSCCCN1C(=O)Nc1ccc(Cl)c(Cl)c1. The van der Waals surface area contributed by atoms with Crippen molar-refractivity contribution in [1.82, 2.24) is 9.80 Å². The van der Waals surface area contributed by atoms with Crippen LogP contribution in [0, 0.1) is 0 Å². The van der Waals surface area contributed by atoms with Crippen molar-refractivity contribution >= 4 is 46.7 Å². The predicted molar refractivity (Wildman–Crippen MR) is 96.5 cm³/mol. The van der Waals surface area contributed by atoms with Crippen LogP contribution in [-0.4, -0.2) is 60.6 Å². The van der Waals surface area contributed by atoms with Gasteiger partial charge in [-0.3, -0.25) is 0 Å². The summed E-state index contributed by atoms with van der Waals surface area (Å²) in [7, 11) is 4.06. The first-order valence-corrected chi connectivity index (χ1v) is 9.13. The minimum absolute atomic E-state index is 0.0762. The second-order valence-corrected chi connectivity index (χ2v) is 7.56. The lowest BCUT2D eigenvalue weighted by atomic mass is 10.2. The van der Waals surface area contributed by atoms with Crippen LogP contribution in [0.3, 0.4) is 0 Å². The third-order valence-electron chi connectivity index (χ3n) is 3.45. The molecule has 1 heterocycles. The molecular formula is C15H21Cl2N3OS. The molecule has 1 aromatic rings. The molecule has 122 valence electrons. The van der Waals surface area contributed by atoms with E-state index >= 15 is 0 Å². The molecule has 0 aromatic heterocycles. The summed E-state index contributed by atoms with van der Waals surface area (Å²) in [5.74, 6) is 2.06. The average molecular weight is 362 g/mol. The predicted octanol–water partition coefficient (Wildman–Crippen LogP) is 3.89. The van der Waals surface area contributed by atoms with Crippen LogP contribution >= 0.6 is 35.0 Å². The molecule has 1 unspecified atom stereocenters. The van der Waals surface area contributed by atoms with Gasteiger partial charge in [-0.2, -0.15) is 11.8 Å². The van der Waals surface area contributed by atoms with Crippen molar-refractivity contribution in [1.29, 1.82) is 0 Å². The van der Waals surface area contributed by atoms with Crippen LogP contribution in [0.5, 0.6) is 0 Å². The molecule has 1 N–H and O–H groups in total. The van der Waals surface area contributed by atoms with E-state index in [1.54, 1.807) is 18.2 Å². The molecule has 1 aliphatic rings. The Balaban J connectivity index is 2.08. The van der Waals surface area contributed by atoms with Crippen molar-refractivity contribution in [3.8, 4) is 0 Å². The molecule has 1 saturated heterocycles. The summed E-state index contributed by atoms with van der Waals surface area (Å²) in [6.07, 6.45) is 1.02. The minimum Gasteiger partial charge on any atom is -0.319 e. The van der Waals surface area contributed by atoms with Gasteiger partial charge in [0.1, 0.15) is 0 Å². The van der Waals surface area contributed by atoms with Gasteiger partial charge in [0.05, 0.1) is 16.1 Å². The molecule has 1 atom stereocenters. The monoisotopic (exact) mass is 361 g/mol. The third-order valence-corrected chi connectivity index (χ3v) is 5.38. The number of thioether (sulfide) groups is 1. The molecule has 1 fully saturated rings. The summed E-state index contributed by atoms with van der Waals surface area (Å²) in [5.41, 5.74) is 0.667. The highest BCUT2D eigenvalue weighted by Crippen LogP contribution is 2.25. The van der Waals surface area contributed by atoms with Gasteiger partial charge >= 0.3 is 6.03 Å². The minimum atomic E-state index is -0.0762. The van der Waals surface area contributed by atoms with E-state index < -0.39 is 0 Å². The highest BCUT2D eigenvalue weighted by atomic mass is 35.5. The molecule has 2 amide bonds. The zero-order valence-corrected chi connectivity index (χ0v) is 15.1. The number of carbonyl (C=O) groups excluding carboxylic acids is 1. The first-order valence-electron chi connectivity index (χ1n) is 7.22. The second-order valence-electron chi connectivity index (χ2n) is 5.60. The van der Waals surface area contributed by atoms with Gasteiger partial charge in [0.25, 0.3) is 0 Å². The molecule has 1 aliphatic heterocycles. The number of halogens is 2. The Morgan fingerprint density at radius 3 is 2.86 bits per heavy atom. The lowest BCUT2D eigenvalue weighted by Crippen LogP contribution is -2.48. The zero-order valence-electron chi connectivity index (χ0n) is 12.8. The number of nitrogens with one attached hydrogen (secondary N) is 1. The van der Waals surface area contributed by atoms with E-state index in [4.69, 9.17) is 23.2 Å². The first kappa shape index (κ1) is 17.7. The topological polar surface area (TPSA) is 35.6 Å². The van der Waals surface area contributed by atoms with Crippen molar-refractivity contribution in [3.63, 3.8) is 0 Å². The van der Waals surface area contributed by atoms with Crippen LogP contribution in [0.4, 0.5) is 10.5 Å². The standard InChI is InChI=1S/C15H21Cl2N3OS/c1-19(2)9-12-10-22-7-3-6-20(12)15(21)18-11-4-5-13(16)14(17)8-11/h4-5,8,12H,3,6-7,9-10H2,1-2H3,(H,18,21). The molecule has 0 spiro atoms. The molecule has 7 heteroatoms. The maximum atomic E-state index is 12.6. The summed E-state index contributed by atoms with van der Waals surface area (Å²) < 4.78 is 0. The Morgan fingerprint density at radius 1 is 1.41 bits per heavy atom. The normalized spacial score (nSPS) is 19.1. The van der Waals surface area contributed by atoms with Gasteiger partial charge in [-0.1, -0.05) is 23.2 Å². The largest absolute Gasteiger partial charge is 0.322 e. The van der Waals surface area contributed by atoms with Gasteiger partial charge in [0.2, 0.25) is 0 Å². The van der Waals surface area contributed by atoms with E-state index in [9.17, 15) is 4.79 Å². The Hall–Kier alpha value is -0.620. The van der Waals surface area contributed by atoms with Crippen LogP contribution in [0.1, 0.15) is 6.42 Å². The number of amides is 2. The van der Waals surface area contributed by atoms with Crippen molar-refractivity contribution in [2.45, 2.75) is 12.5 Å². The molecule has 0 saturated carbocycles. The number of carbonyl (C=O) groups is 1. The fourth-order valence-corrected chi connectivity index (χ4v) is 3.79. The van der Waals surface area contributed by atoms with Gasteiger partial charge in [-0.05, 0) is 44.5 Å². The summed E-state index contributed by atoms with van der Waals surface area (Å²) in [4.78, 5) is 16.7. The van der Waals surface area contributed by atoms with Gasteiger partial charge in [0, 0.05) is 24.5 Å². The van der Waals surface area contributed by atoms with Crippen molar-refractivity contribution in [2.24, 2.45) is 0 Å². The molecule has 0 bridgehead atoms. The highest BCUT2D eigenvalue weighted by molar-refractivity contribution is 7.99. The van der Waals surface area contributed by atoms with Crippen LogP contribution in [-0.2, 0) is 0 Å². The summed E-state index contributed by atoms with van der Waals surface area (Å²) in [6.45, 7) is 1.64. The molecule has 0 radical (unpaired) electrons. The lowest BCUT2D eigenvalue weighted by molar-refractivity contribution is 0.180. The first-order chi connectivity index (χ1) is 10.5. The van der Waals surface area contributed by atoms with Gasteiger partial charge in [-0.15, -0.1) is 0 Å². The number of urea groups is 1. The Kier molecular flexibility index (Phi) is 6.68. The number of anilines is 1. The fraction of sp³-hybridized carbons (Fsp3) is 0.533. The smallest absolute Gasteiger partial charge is 0.319 e. The van der Waals surface area contributed by atoms with E-state index in [2.05, 4.69) is 10.2 Å². The third kappa shape index (κ3) is 4.95. The van der Waals surface area contributed by atoms with E-state index in [1.807, 2.05) is 30.8 Å². The fourth-order valence-electron chi connectivity index (χ4n) is 2.44.